The fraction of sp³-hybridized carbons (Fsp3) is 0.583. The maximum Gasteiger partial charge on any atom is 0.276 e. The second-order valence-electron chi connectivity index (χ2n) is 5.53. The number of morpholine rings is 1. The van der Waals surface area contributed by atoms with Crippen LogP contribution in [0, 0.1) is 10.1 Å². The van der Waals surface area contributed by atoms with E-state index < -0.39 is 10.5 Å². The van der Waals surface area contributed by atoms with Crippen molar-refractivity contribution in [1.29, 1.82) is 0 Å². The molecule has 0 radical (unpaired) electrons. The Morgan fingerprint density at radius 3 is 2.95 bits per heavy atom. The van der Waals surface area contributed by atoms with Gasteiger partial charge in [0.25, 0.3) is 5.69 Å². The summed E-state index contributed by atoms with van der Waals surface area (Å²) in [7, 11) is 0. The number of pyridine rings is 1. The van der Waals surface area contributed by atoms with Crippen molar-refractivity contribution in [1.82, 2.24) is 4.98 Å². The van der Waals surface area contributed by atoms with E-state index in [1.165, 1.54) is 12.1 Å². The Hall–Kier alpha value is -1.97. The number of nitrogens with two attached hydrogens (primary N) is 1. The third-order valence-electron chi connectivity index (χ3n) is 3.16. The number of aromatic nitrogens is 1. The molecule has 0 aromatic carbocycles. The van der Waals surface area contributed by atoms with Crippen molar-refractivity contribution in [2.24, 2.45) is 5.84 Å². The standard InChI is InChI=1S/C12H19N5O4/c1-12(2)7-16(5-9(6-18)21-12)11-4-8(17(19)20)3-10(14-11)15-13/h3-4,9,18H,5-7,13H2,1-2H3,(H,14,15). The van der Waals surface area contributed by atoms with Crippen molar-refractivity contribution >= 4 is 17.3 Å². The highest BCUT2D eigenvalue weighted by atomic mass is 16.6. The van der Waals surface area contributed by atoms with Crippen LogP contribution in [-0.4, -0.2) is 46.4 Å². The molecular formula is C12H19N5O4. The number of hydrogen-bond donors (Lipinski definition) is 3. The van der Waals surface area contributed by atoms with Crippen molar-refractivity contribution in [2.45, 2.75) is 25.6 Å². The number of nitro groups is 1. The SMILES string of the molecule is CC1(C)CN(c2cc([N+](=O)[O-])cc(NN)n2)CC(CO)O1. The second-order valence-corrected chi connectivity index (χ2v) is 5.53. The number of hydrazine groups is 1. The zero-order valence-electron chi connectivity index (χ0n) is 11.9. The average Bonchev–Trinajstić information content (AvgIpc) is 2.44. The molecule has 2 heterocycles. The van der Waals surface area contributed by atoms with Crippen molar-refractivity contribution in [3.63, 3.8) is 0 Å². The van der Waals surface area contributed by atoms with Gasteiger partial charge in [0.05, 0.1) is 35.4 Å². The fourth-order valence-electron chi connectivity index (χ4n) is 2.41. The molecule has 9 heteroatoms. The Morgan fingerprint density at radius 2 is 2.38 bits per heavy atom. The summed E-state index contributed by atoms with van der Waals surface area (Å²) in [6.45, 7) is 4.55. The van der Waals surface area contributed by atoms with Crippen molar-refractivity contribution in [3.8, 4) is 0 Å². The van der Waals surface area contributed by atoms with Crippen LogP contribution in [0.4, 0.5) is 17.3 Å². The Bertz CT molecular complexity index is 536. The second kappa shape index (κ2) is 5.80. The monoisotopic (exact) mass is 297 g/mol. The van der Waals surface area contributed by atoms with E-state index in [1.807, 2.05) is 18.7 Å². The Labute approximate surface area is 121 Å². The van der Waals surface area contributed by atoms with Crippen LogP contribution in [0.5, 0.6) is 0 Å². The number of nitrogens with zero attached hydrogens (tertiary/aromatic N) is 3. The molecule has 0 aliphatic carbocycles. The van der Waals surface area contributed by atoms with Crippen LogP contribution in [0.1, 0.15) is 13.8 Å². The van der Waals surface area contributed by atoms with Gasteiger partial charge in [0.1, 0.15) is 11.6 Å². The van der Waals surface area contributed by atoms with Crippen LogP contribution in [0.15, 0.2) is 12.1 Å². The molecule has 1 aliphatic heterocycles. The van der Waals surface area contributed by atoms with E-state index in [4.69, 9.17) is 10.6 Å². The first-order valence-electron chi connectivity index (χ1n) is 6.51. The molecule has 1 aromatic heterocycles. The van der Waals surface area contributed by atoms with Crippen LogP contribution in [0.3, 0.4) is 0 Å². The summed E-state index contributed by atoms with van der Waals surface area (Å²) in [5.41, 5.74) is 1.73. The summed E-state index contributed by atoms with van der Waals surface area (Å²) in [6.07, 6.45) is -0.371. The molecule has 2 rings (SSSR count). The molecule has 1 fully saturated rings. The first-order valence-corrected chi connectivity index (χ1v) is 6.51. The lowest BCUT2D eigenvalue weighted by Gasteiger charge is -2.42. The van der Waals surface area contributed by atoms with Crippen molar-refractivity contribution < 1.29 is 14.8 Å². The molecule has 0 bridgehead atoms. The third-order valence-corrected chi connectivity index (χ3v) is 3.16. The summed E-state index contributed by atoms with van der Waals surface area (Å²) in [6, 6.07) is 2.65. The first kappa shape index (κ1) is 15.4. The predicted molar refractivity (Wildman–Crippen MR) is 77.0 cm³/mol. The predicted octanol–water partition coefficient (Wildman–Crippen LogP) is 0.252. The molecule has 0 amide bonds. The van der Waals surface area contributed by atoms with Gasteiger partial charge in [-0.25, -0.2) is 10.8 Å². The van der Waals surface area contributed by atoms with Gasteiger partial charge in [0, 0.05) is 13.1 Å². The third kappa shape index (κ3) is 3.57. The van der Waals surface area contributed by atoms with E-state index in [9.17, 15) is 15.2 Å². The molecule has 1 unspecified atom stereocenters. The quantitative estimate of drug-likeness (QED) is 0.410. The number of aliphatic hydroxyl groups is 1. The van der Waals surface area contributed by atoms with E-state index in [0.29, 0.717) is 18.9 Å². The Balaban J connectivity index is 2.35. The number of rotatable bonds is 4. The van der Waals surface area contributed by atoms with E-state index in [0.717, 1.165) is 0 Å². The van der Waals surface area contributed by atoms with Crippen LogP contribution in [0.2, 0.25) is 0 Å². The molecule has 1 saturated heterocycles. The molecule has 0 saturated carbocycles. The van der Waals surface area contributed by atoms with Gasteiger partial charge in [-0.15, -0.1) is 0 Å². The number of anilines is 2. The molecule has 9 nitrogen and oxygen atoms in total. The molecule has 1 atom stereocenters. The van der Waals surface area contributed by atoms with Crippen LogP contribution >= 0.6 is 0 Å². The molecule has 116 valence electrons. The number of hydrogen-bond acceptors (Lipinski definition) is 8. The summed E-state index contributed by atoms with van der Waals surface area (Å²) in [5, 5.41) is 20.3. The summed E-state index contributed by atoms with van der Waals surface area (Å²) in [5.74, 6) is 5.94. The highest BCUT2D eigenvalue weighted by Gasteiger charge is 2.34. The highest BCUT2D eigenvalue weighted by molar-refractivity contribution is 5.56. The van der Waals surface area contributed by atoms with Gasteiger partial charge < -0.3 is 20.2 Å². The number of nitrogen functional groups attached to an aromatic ring is 1. The molecule has 21 heavy (non-hydrogen) atoms. The van der Waals surface area contributed by atoms with Crippen LogP contribution in [-0.2, 0) is 4.74 Å². The van der Waals surface area contributed by atoms with Gasteiger partial charge in [-0.3, -0.25) is 10.1 Å². The fourth-order valence-corrected chi connectivity index (χ4v) is 2.41. The lowest BCUT2D eigenvalue weighted by Crippen LogP contribution is -2.54. The lowest BCUT2D eigenvalue weighted by molar-refractivity contribution is -0.384. The molecular weight excluding hydrogens is 278 g/mol. The molecule has 1 aromatic rings. The molecule has 1 aliphatic rings. The summed E-state index contributed by atoms with van der Waals surface area (Å²) < 4.78 is 5.72. The summed E-state index contributed by atoms with van der Waals surface area (Å²) >= 11 is 0. The topological polar surface area (TPSA) is 127 Å². The Kier molecular flexibility index (Phi) is 4.26. The largest absolute Gasteiger partial charge is 0.394 e. The highest BCUT2D eigenvalue weighted by Crippen LogP contribution is 2.28. The minimum absolute atomic E-state index is 0.0993. The molecule has 4 N–H and O–H groups in total. The van der Waals surface area contributed by atoms with Crippen LogP contribution in [0.25, 0.3) is 0 Å². The van der Waals surface area contributed by atoms with Gasteiger partial charge in [-0.05, 0) is 13.8 Å². The number of aliphatic hydroxyl groups excluding tert-OH is 1. The van der Waals surface area contributed by atoms with E-state index in [1.54, 1.807) is 0 Å². The van der Waals surface area contributed by atoms with Gasteiger partial charge in [0.2, 0.25) is 0 Å². The van der Waals surface area contributed by atoms with Crippen LogP contribution < -0.4 is 16.2 Å². The lowest BCUT2D eigenvalue weighted by atomic mass is 10.1. The zero-order chi connectivity index (χ0) is 15.6. The Morgan fingerprint density at radius 1 is 1.67 bits per heavy atom. The van der Waals surface area contributed by atoms with Gasteiger partial charge in [-0.1, -0.05) is 0 Å². The number of ether oxygens (including phenoxy) is 1. The maximum atomic E-state index is 11.0. The van der Waals surface area contributed by atoms with E-state index >= 15 is 0 Å². The van der Waals surface area contributed by atoms with E-state index in [2.05, 4.69) is 10.4 Å². The smallest absolute Gasteiger partial charge is 0.276 e. The maximum absolute atomic E-state index is 11.0. The number of nitrogens with one attached hydrogen (secondary N) is 1. The molecule has 0 spiro atoms. The van der Waals surface area contributed by atoms with Gasteiger partial charge in [-0.2, -0.15) is 0 Å². The summed E-state index contributed by atoms with van der Waals surface area (Å²) in [4.78, 5) is 16.6. The van der Waals surface area contributed by atoms with Gasteiger partial charge >= 0.3 is 0 Å². The minimum atomic E-state index is -0.499. The van der Waals surface area contributed by atoms with Gasteiger partial charge in [0.15, 0.2) is 0 Å². The minimum Gasteiger partial charge on any atom is -0.394 e. The zero-order valence-corrected chi connectivity index (χ0v) is 11.9. The average molecular weight is 297 g/mol. The van der Waals surface area contributed by atoms with Crippen molar-refractivity contribution in [3.05, 3.63) is 22.2 Å². The first-order chi connectivity index (χ1) is 9.84. The normalized spacial score (nSPS) is 21.1. The van der Waals surface area contributed by atoms with Crippen molar-refractivity contribution in [2.75, 3.05) is 30.0 Å². The van der Waals surface area contributed by atoms with E-state index in [-0.39, 0.29) is 24.2 Å².